The predicted molar refractivity (Wildman–Crippen MR) is 201 cm³/mol. The van der Waals surface area contributed by atoms with E-state index in [-0.39, 0.29) is 16.8 Å². The number of carbonyl (C=O) groups is 7. The summed E-state index contributed by atoms with van der Waals surface area (Å²) in [7, 11) is 1.35. The molecule has 20 nitrogen and oxygen atoms in total. The van der Waals surface area contributed by atoms with E-state index in [1.54, 1.807) is 6.92 Å². The minimum absolute atomic E-state index is 0.0591. The third-order valence-electron chi connectivity index (χ3n) is 12.4. The standard InChI is InChI=1S/C41H48N2O18/c1-18-19(2)35(50)60-33-30(59-36(51)24-12-13-26(48)43(9)15-24)31(49)40(17-54-20(3)44)34(58-23(6)47)29(56-21(4)45)27-32(57-22(5)46)41(40,39(33,8)53)61-38(27,7)16-55-37(52)25-11-10-14-42-28(18)25/h10-15,18-19,27,29-34,49,53H,16-17H2,1-9H3/t18-,19+,27-,29-,30-,31+,32-,33+,34-,38+,39+,40+,41+/m1/s1. The Morgan fingerprint density at radius 1 is 0.869 bits per heavy atom. The van der Waals surface area contributed by atoms with Crippen molar-refractivity contribution in [1.29, 1.82) is 0 Å². The smallest absolute Gasteiger partial charge is 0.340 e. The Labute approximate surface area is 348 Å². The summed E-state index contributed by atoms with van der Waals surface area (Å²) < 4.78 is 49.5. The molecule has 0 amide bonds. The van der Waals surface area contributed by atoms with Gasteiger partial charge in [0.15, 0.2) is 23.9 Å². The zero-order chi connectivity index (χ0) is 45.1. The lowest BCUT2D eigenvalue weighted by Crippen LogP contribution is -2.89. The number of nitrogens with zero attached hydrogens (tertiary/aromatic N) is 2. The molecule has 3 fully saturated rings. The van der Waals surface area contributed by atoms with Crippen LogP contribution in [0, 0.1) is 17.3 Å². The van der Waals surface area contributed by atoms with Gasteiger partial charge in [-0.05, 0) is 32.0 Å². The van der Waals surface area contributed by atoms with Crippen LogP contribution in [-0.4, -0.2) is 128 Å². The Morgan fingerprint density at radius 2 is 1.51 bits per heavy atom. The molecule has 2 N–H and O–H groups in total. The molecule has 4 aliphatic rings. The average molecular weight is 857 g/mol. The number of ether oxygens (including phenoxy) is 8. The SMILES string of the molecule is CC(=O)OC[C@]12[C@H](OC(C)=O)[C@H](OC(C)=O)[C@@H]3[C@@H](OC(C)=O)[C@@]14O[C@@]3(C)COC(=O)c1cccnc1[C@H](C)[C@H](C)C(=O)O[C@@H]([C@H](OC(=O)c1ccc(=O)n(C)c1)[C@@H]2O)[C@]4(C)O. The fourth-order valence-corrected chi connectivity index (χ4v) is 9.64. The highest BCUT2D eigenvalue weighted by atomic mass is 16.7. The largest absolute Gasteiger partial charge is 0.465 e. The quantitative estimate of drug-likeness (QED) is 0.283. The van der Waals surface area contributed by atoms with Crippen molar-refractivity contribution in [3.63, 3.8) is 0 Å². The molecule has 2 saturated carbocycles. The molecule has 2 aromatic rings. The molecule has 0 unspecified atom stereocenters. The number of aliphatic hydroxyl groups excluding tert-OH is 1. The van der Waals surface area contributed by atoms with Crippen LogP contribution < -0.4 is 5.56 Å². The number of pyridine rings is 2. The first-order chi connectivity index (χ1) is 28.4. The van der Waals surface area contributed by atoms with Gasteiger partial charge in [0.25, 0.3) is 0 Å². The maximum atomic E-state index is 14.5. The van der Waals surface area contributed by atoms with Crippen LogP contribution in [-0.2, 0) is 68.9 Å². The summed E-state index contributed by atoms with van der Waals surface area (Å²) in [6, 6.07) is 5.05. The summed E-state index contributed by atoms with van der Waals surface area (Å²) in [6.07, 6.45) is -10.2. The number of rotatable bonds is 7. The summed E-state index contributed by atoms with van der Waals surface area (Å²) in [5, 5.41) is 26.6. The Hall–Kier alpha value is -5.73. The fourth-order valence-electron chi connectivity index (χ4n) is 9.64. The van der Waals surface area contributed by atoms with E-state index < -0.39 is 137 Å². The normalized spacial score (nSPS) is 36.5. The second-order valence-corrected chi connectivity index (χ2v) is 16.4. The molecule has 2 aliphatic carbocycles. The Balaban J connectivity index is 1.74. The van der Waals surface area contributed by atoms with Crippen molar-refractivity contribution in [2.24, 2.45) is 24.3 Å². The third-order valence-corrected chi connectivity index (χ3v) is 12.4. The number of esters is 7. The van der Waals surface area contributed by atoms with Gasteiger partial charge in [0.2, 0.25) is 5.56 Å². The van der Waals surface area contributed by atoms with Crippen molar-refractivity contribution in [3.8, 4) is 0 Å². The second-order valence-electron chi connectivity index (χ2n) is 16.4. The van der Waals surface area contributed by atoms with Gasteiger partial charge in [-0.15, -0.1) is 0 Å². The maximum absolute atomic E-state index is 14.5. The Morgan fingerprint density at radius 3 is 2.11 bits per heavy atom. The van der Waals surface area contributed by atoms with Crippen LogP contribution in [0.5, 0.6) is 0 Å². The van der Waals surface area contributed by atoms with Crippen molar-refractivity contribution in [3.05, 3.63) is 63.8 Å². The number of aryl methyl sites for hydroxylation is 1. The lowest BCUT2D eigenvalue weighted by Gasteiger charge is -2.67. The zero-order valence-corrected chi connectivity index (χ0v) is 34.9. The van der Waals surface area contributed by atoms with E-state index in [9.17, 15) is 48.6 Å². The van der Waals surface area contributed by atoms with Crippen molar-refractivity contribution < 1.29 is 81.7 Å². The molecule has 6 rings (SSSR count). The first-order valence-corrected chi connectivity index (χ1v) is 19.4. The van der Waals surface area contributed by atoms with Gasteiger partial charge < -0.3 is 52.7 Å². The van der Waals surface area contributed by atoms with Gasteiger partial charge >= 0.3 is 41.8 Å². The highest BCUT2D eigenvalue weighted by Crippen LogP contribution is 2.69. The van der Waals surface area contributed by atoms with Gasteiger partial charge in [0.05, 0.1) is 28.7 Å². The number of aromatic nitrogens is 2. The lowest BCUT2D eigenvalue weighted by molar-refractivity contribution is -0.386. The van der Waals surface area contributed by atoms with Crippen LogP contribution in [0.3, 0.4) is 0 Å². The van der Waals surface area contributed by atoms with Crippen LogP contribution >= 0.6 is 0 Å². The molecule has 2 aliphatic heterocycles. The molecule has 330 valence electrons. The van der Waals surface area contributed by atoms with Crippen LogP contribution in [0.25, 0.3) is 0 Å². The number of aliphatic hydroxyl groups is 2. The minimum atomic E-state index is -2.89. The predicted octanol–water partition coefficient (Wildman–Crippen LogP) is 0.455. The number of hydrogen-bond acceptors (Lipinski definition) is 19. The zero-order valence-electron chi connectivity index (χ0n) is 34.9. The highest BCUT2D eigenvalue weighted by molar-refractivity contribution is 5.91. The monoisotopic (exact) mass is 856 g/mol. The molecular formula is C41H48N2O18. The Bertz CT molecular complexity index is 2220. The van der Waals surface area contributed by atoms with E-state index in [0.717, 1.165) is 57.5 Å². The molecule has 4 bridgehead atoms. The summed E-state index contributed by atoms with van der Waals surface area (Å²) in [6.45, 7) is 7.54. The van der Waals surface area contributed by atoms with Gasteiger partial charge in [0, 0.05) is 59.1 Å². The van der Waals surface area contributed by atoms with Crippen molar-refractivity contribution in [2.75, 3.05) is 13.2 Å². The molecular weight excluding hydrogens is 808 g/mol. The van der Waals surface area contributed by atoms with Gasteiger partial charge in [-0.2, -0.15) is 0 Å². The number of hydrogen-bond donors (Lipinski definition) is 2. The molecule has 0 radical (unpaired) electrons. The molecule has 2 aromatic heterocycles. The Kier molecular flexibility index (Phi) is 11.7. The van der Waals surface area contributed by atoms with Gasteiger partial charge in [0.1, 0.15) is 48.1 Å². The van der Waals surface area contributed by atoms with Crippen LogP contribution in [0.4, 0.5) is 0 Å². The van der Waals surface area contributed by atoms with Crippen molar-refractivity contribution in [1.82, 2.24) is 9.55 Å². The van der Waals surface area contributed by atoms with Crippen LogP contribution in [0.2, 0.25) is 0 Å². The first-order valence-electron chi connectivity index (χ1n) is 19.4. The van der Waals surface area contributed by atoms with Crippen molar-refractivity contribution in [2.45, 2.75) is 115 Å². The topological polar surface area (TPSA) is 269 Å². The van der Waals surface area contributed by atoms with Crippen molar-refractivity contribution >= 4 is 41.8 Å². The van der Waals surface area contributed by atoms with E-state index in [2.05, 4.69) is 4.98 Å². The maximum Gasteiger partial charge on any atom is 0.340 e. The molecule has 20 heteroatoms. The fraction of sp³-hybridized carbons (Fsp3) is 0.585. The second kappa shape index (κ2) is 15.9. The average Bonchev–Trinajstić information content (AvgIpc) is 3.40. The number of fused-ring (bicyclic) bond motifs is 5. The van der Waals surface area contributed by atoms with E-state index in [1.807, 2.05) is 0 Å². The van der Waals surface area contributed by atoms with Gasteiger partial charge in [-0.3, -0.25) is 33.8 Å². The summed E-state index contributed by atoms with van der Waals surface area (Å²) >= 11 is 0. The first kappa shape index (κ1) is 44.8. The molecule has 13 atom stereocenters. The summed E-state index contributed by atoms with van der Waals surface area (Å²) in [4.78, 5) is 112. The van der Waals surface area contributed by atoms with E-state index in [0.29, 0.717) is 0 Å². The van der Waals surface area contributed by atoms with E-state index in [4.69, 9.17) is 37.9 Å². The van der Waals surface area contributed by atoms with Crippen LogP contribution in [0.15, 0.2) is 41.5 Å². The molecule has 1 spiro atoms. The number of cyclic esters (lactones) is 1. The highest BCUT2D eigenvalue weighted by Gasteiger charge is 2.91. The summed E-state index contributed by atoms with van der Waals surface area (Å²) in [5.74, 6) is -11.0. The van der Waals surface area contributed by atoms with Gasteiger partial charge in [-0.25, -0.2) is 9.59 Å². The van der Waals surface area contributed by atoms with E-state index in [1.165, 1.54) is 39.2 Å². The number of carbonyl (C=O) groups excluding carboxylic acids is 7. The van der Waals surface area contributed by atoms with Crippen LogP contribution in [0.1, 0.15) is 87.7 Å². The molecule has 1 saturated heterocycles. The summed E-state index contributed by atoms with van der Waals surface area (Å²) in [5.41, 5.74) is -11.1. The lowest BCUT2D eigenvalue weighted by atomic mass is 9.45. The van der Waals surface area contributed by atoms with E-state index >= 15 is 0 Å². The van der Waals surface area contributed by atoms with Gasteiger partial charge in [-0.1, -0.05) is 13.8 Å². The molecule has 0 aromatic carbocycles. The third kappa shape index (κ3) is 7.12. The molecule has 4 heterocycles. The molecule has 61 heavy (non-hydrogen) atoms. The minimum Gasteiger partial charge on any atom is -0.465 e.